The third-order valence-corrected chi connectivity index (χ3v) is 2.59. The molecular weight excluding hydrogens is 230 g/mol. The number of nitrogens with one attached hydrogen (secondary N) is 3. The van der Waals surface area contributed by atoms with Crippen LogP contribution in [0.1, 0.15) is 19.4 Å². The maximum atomic E-state index is 11.6. The third-order valence-electron chi connectivity index (χ3n) is 2.59. The second-order valence-electron chi connectivity index (χ2n) is 4.60. The van der Waals surface area contributed by atoms with Crippen molar-refractivity contribution in [3.8, 4) is 5.75 Å². The van der Waals surface area contributed by atoms with Crippen LogP contribution in [0.25, 0.3) is 0 Å². The lowest BCUT2D eigenvalue weighted by Crippen LogP contribution is -2.34. The minimum absolute atomic E-state index is 0.121. The van der Waals surface area contributed by atoms with Crippen LogP contribution < -0.4 is 20.7 Å². The number of hydrogen-bond acceptors (Lipinski definition) is 3. The van der Waals surface area contributed by atoms with Gasteiger partial charge in [-0.15, -0.1) is 0 Å². The van der Waals surface area contributed by atoms with Crippen LogP contribution in [-0.2, 0) is 6.54 Å². The van der Waals surface area contributed by atoms with E-state index in [0.29, 0.717) is 6.61 Å². The number of urea groups is 1. The summed E-state index contributed by atoms with van der Waals surface area (Å²) in [5, 5.41) is 8.86. The zero-order valence-electron chi connectivity index (χ0n) is 10.7. The van der Waals surface area contributed by atoms with Gasteiger partial charge >= 0.3 is 6.03 Å². The fraction of sp³-hybridized carbons (Fsp3) is 0.462. The molecule has 1 heterocycles. The molecule has 1 aliphatic heterocycles. The smallest absolute Gasteiger partial charge is 0.319 e. The first-order chi connectivity index (χ1) is 8.65. The second kappa shape index (κ2) is 5.73. The summed E-state index contributed by atoms with van der Waals surface area (Å²) in [5.41, 5.74) is 1.84. The molecule has 0 unspecified atom stereocenters. The van der Waals surface area contributed by atoms with Gasteiger partial charge in [0.25, 0.3) is 0 Å². The van der Waals surface area contributed by atoms with Crippen LogP contribution in [0.3, 0.4) is 0 Å². The predicted molar refractivity (Wildman–Crippen MR) is 70.9 cm³/mol. The molecule has 0 atom stereocenters. The summed E-state index contributed by atoms with van der Waals surface area (Å²) in [6.45, 7) is 6.12. The van der Waals surface area contributed by atoms with Gasteiger partial charge in [-0.05, 0) is 32.0 Å². The summed E-state index contributed by atoms with van der Waals surface area (Å²) in [6, 6.07) is 5.62. The van der Waals surface area contributed by atoms with Gasteiger partial charge in [-0.25, -0.2) is 4.79 Å². The maximum absolute atomic E-state index is 11.6. The highest BCUT2D eigenvalue weighted by Crippen LogP contribution is 2.24. The Morgan fingerprint density at radius 2 is 2.28 bits per heavy atom. The molecule has 0 fully saturated rings. The maximum Gasteiger partial charge on any atom is 0.319 e. The molecule has 18 heavy (non-hydrogen) atoms. The van der Waals surface area contributed by atoms with E-state index >= 15 is 0 Å². The van der Waals surface area contributed by atoms with Gasteiger partial charge in [0, 0.05) is 30.4 Å². The van der Waals surface area contributed by atoms with Crippen molar-refractivity contribution in [2.24, 2.45) is 0 Å². The van der Waals surface area contributed by atoms with E-state index in [0.717, 1.165) is 30.1 Å². The van der Waals surface area contributed by atoms with Crippen LogP contribution in [-0.4, -0.2) is 25.2 Å². The number of carbonyl (C=O) groups excluding carboxylic acids is 1. The molecule has 0 aromatic heterocycles. The molecule has 0 bridgehead atoms. The molecule has 2 rings (SSSR count). The third kappa shape index (κ3) is 3.37. The van der Waals surface area contributed by atoms with Gasteiger partial charge in [-0.3, -0.25) is 0 Å². The largest absolute Gasteiger partial charge is 0.492 e. The molecule has 1 aromatic rings. The molecule has 0 saturated heterocycles. The Morgan fingerprint density at radius 1 is 1.44 bits per heavy atom. The molecule has 0 saturated carbocycles. The Labute approximate surface area is 107 Å². The van der Waals surface area contributed by atoms with E-state index in [1.807, 2.05) is 32.0 Å². The first-order valence-corrected chi connectivity index (χ1v) is 6.19. The average Bonchev–Trinajstić information content (AvgIpc) is 2.52. The van der Waals surface area contributed by atoms with E-state index in [1.54, 1.807) is 0 Å². The van der Waals surface area contributed by atoms with Crippen molar-refractivity contribution in [2.75, 3.05) is 18.5 Å². The van der Waals surface area contributed by atoms with Crippen LogP contribution in [0.5, 0.6) is 5.75 Å². The van der Waals surface area contributed by atoms with Crippen LogP contribution in [0.2, 0.25) is 0 Å². The molecule has 1 aromatic carbocycles. The van der Waals surface area contributed by atoms with Gasteiger partial charge in [0.15, 0.2) is 0 Å². The Bertz CT molecular complexity index is 432. The summed E-state index contributed by atoms with van der Waals surface area (Å²) < 4.78 is 5.58. The summed E-state index contributed by atoms with van der Waals surface area (Å²) in [7, 11) is 0. The number of fused-ring (bicyclic) bond motifs is 1. The number of carbonyl (C=O) groups is 1. The average molecular weight is 249 g/mol. The molecule has 98 valence electrons. The van der Waals surface area contributed by atoms with Crippen molar-refractivity contribution in [1.82, 2.24) is 10.6 Å². The number of benzene rings is 1. The van der Waals surface area contributed by atoms with E-state index in [1.165, 1.54) is 0 Å². The van der Waals surface area contributed by atoms with Gasteiger partial charge in [0.1, 0.15) is 12.4 Å². The summed E-state index contributed by atoms with van der Waals surface area (Å²) >= 11 is 0. The summed E-state index contributed by atoms with van der Waals surface area (Å²) in [5.74, 6) is 0.884. The Balaban J connectivity index is 2.06. The normalized spacial score (nSPS) is 14.4. The van der Waals surface area contributed by atoms with Crippen molar-refractivity contribution in [1.29, 1.82) is 0 Å². The first kappa shape index (κ1) is 12.7. The quantitative estimate of drug-likeness (QED) is 0.747. The lowest BCUT2D eigenvalue weighted by Gasteiger charge is -2.12. The topological polar surface area (TPSA) is 62.4 Å². The molecule has 3 N–H and O–H groups in total. The predicted octanol–water partition coefficient (Wildman–Crippen LogP) is 1.70. The standard InChI is InChI=1S/C13H19N3O2/c1-9(2)15-13(17)16-11-3-4-12-10(7-11)8-14-5-6-18-12/h3-4,7,9,14H,5-6,8H2,1-2H3,(H2,15,16,17). The monoisotopic (exact) mass is 249 g/mol. The van der Waals surface area contributed by atoms with Crippen molar-refractivity contribution in [3.05, 3.63) is 23.8 Å². The van der Waals surface area contributed by atoms with E-state index in [-0.39, 0.29) is 12.1 Å². The van der Waals surface area contributed by atoms with Gasteiger partial charge < -0.3 is 20.7 Å². The highest BCUT2D eigenvalue weighted by molar-refractivity contribution is 5.89. The molecule has 2 amide bonds. The van der Waals surface area contributed by atoms with Gasteiger partial charge in [0.2, 0.25) is 0 Å². The molecule has 0 spiro atoms. The van der Waals surface area contributed by atoms with E-state index in [2.05, 4.69) is 16.0 Å². The van der Waals surface area contributed by atoms with Crippen molar-refractivity contribution in [2.45, 2.75) is 26.4 Å². The van der Waals surface area contributed by atoms with Crippen molar-refractivity contribution >= 4 is 11.7 Å². The number of anilines is 1. The highest BCUT2D eigenvalue weighted by Gasteiger charge is 2.10. The Morgan fingerprint density at radius 3 is 3.06 bits per heavy atom. The van der Waals surface area contributed by atoms with E-state index in [4.69, 9.17) is 4.74 Å². The lowest BCUT2D eigenvalue weighted by atomic mass is 10.1. The zero-order valence-corrected chi connectivity index (χ0v) is 10.7. The summed E-state index contributed by atoms with van der Waals surface area (Å²) in [6.07, 6.45) is 0. The molecule has 5 heteroatoms. The van der Waals surface area contributed by atoms with Gasteiger partial charge in [-0.2, -0.15) is 0 Å². The Kier molecular flexibility index (Phi) is 4.04. The molecule has 1 aliphatic rings. The van der Waals surface area contributed by atoms with Crippen molar-refractivity contribution < 1.29 is 9.53 Å². The van der Waals surface area contributed by atoms with Crippen LogP contribution in [0.15, 0.2) is 18.2 Å². The van der Waals surface area contributed by atoms with Crippen LogP contribution >= 0.6 is 0 Å². The molecule has 0 aliphatic carbocycles. The van der Waals surface area contributed by atoms with E-state index in [9.17, 15) is 4.79 Å². The molecule has 0 radical (unpaired) electrons. The van der Waals surface area contributed by atoms with Crippen LogP contribution in [0, 0.1) is 0 Å². The fourth-order valence-corrected chi connectivity index (χ4v) is 1.82. The first-order valence-electron chi connectivity index (χ1n) is 6.19. The molecule has 5 nitrogen and oxygen atoms in total. The number of rotatable bonds is 2. The minimum Gasteiger partial charge on any atom is -0.492 e. The SMILES string of the molecule is CC(C)NC(=O)Nc1ccc2c(c1)CNCCO2. The minimum atomic E-state index is -0.188. The summed E-state index contributed by atoms with van der Waals surface area (Å²) in [4.78, 5) is 11.6. The highest BCUT2D eigenvalue weighted by atomic mass is 16.5. The zero-order chi connectivity index (χ0) is 13.0. The number of amides is 2. The Hall–Kier alpha value is -1.75. The number of ether oxygens (including phenoxy) is 1. The van der Waals surface area contributed by atoms with E-state index < -0.39 is 0 Å². The van der Waals surface area contributed by atoms with Crippen LogP contribution in [0.4, 0.5) is 10.5 Å². The fourth-order valence-electron chi connectivity index (χ4n) is 1.82. The van der Waals surface area contributed by atoms with Gasteiger partial charge in [-0.1, -0.05) is 0 Å². The second-order valence-corrected chi connectivity index (χ2v) is 4.60. The number of hydrogen-bond donors (Lipinski definition) is 3. The van der Waals surface area contributed by atoms with Gasteiger partial charge in [0.05, 0.1) is 0 Å². The molecular formula is C13H19N3O2. The lowest BCUT2D eigenvalue weighted by molar-refractivity contribution is 0.250. The van der Waals surface area contributed by atoms with Crippen molar-refractivity contribution in [3.63, 3.8) is 0 Å².